The van der Waals surface area contributed by atoms with E-state index in [0.29, 0.717) is 18.8 Å². The van der Waals surface area contributed by atoms with Gasteiger partial charge < -0.3 is 29.7 Å². The van der Waals surface area contributed by atoms with Crippen molar-refractivity contribution in [3.05, 3.63) is 88.0 Å². The molecule has 1 aromatic heterocycles. The van der Waals surface area contributed by atoms with Gasteiger partial charge in [-0.3, -0.25) is 9.48 Å². The first-order chi connectivity index (χ1) is 19.2. The quantitative estimate of drug-likeness (QED) is 0.183. The molecule has 0 spiro atoms. The van der Waals surface area contributed by atoms with E-state index in [1.165, 1.54) is 19.2 Å². The third kappa shape index (κ3) is 8.85. The van der Waals surface area contributed by atoms with E-state index in [1.54, 1.807) is 30.3 Å². The largest absolute Gasteiger partial charge is 0.477 e. The molecule has 0 bridgehead atoms. The number of halogens is 2. The molecule has 0 aliphatic heterocycles. The summed E-state index contributed by atoms with van der Waals surface area (Å²) in [6, 6.07) is 12.6. The lowest BCUT2D eigenvalue weighted by Gasteiger charge is -2.23. The highest BCUT2D eigenvalue weighted by Gasteiger charge is 2.31. The zero-order valence-electron chi connectivity index (χ0n) is 21.6. The minimum absolute atomic E-state index is 0.0513. The molecule has 1 amide bonds. The van der Waals surface area contributed by atoms with Gasteiger partial charge in [-0.05, 0) is 24.1 Å². The van der Waals surface area contributed by atoms with E-state index in [4.69, 9.17) is 25.8 Å². The second kappa shape index (κ2) is 15.1. The van der Waals surface area contributed by atoms with Gasteiger partial charge >= 0.3 is 11.9 Å². The maximum Gasteiger partial charge on any atom is 0.354 e. The van der Waals surface area contributed by atoms with Crippen LogP contribution in [0.3, 0.4) is 0 Å². The van der Waals surface area contributed by atoms with E-state index in [2.05, 4.69) is 10.4 Å². The summed E-state index contributed by atoms with van der Waals surface area (Å²) in [6.45, 7) is 0.349. The zero-order valence-corrected chi connectivity index (χ0v) is 22.3. The van der Waals surface area contributed by atoms with Crippen LogP contribution in [0.4, 0.5) is 4.39 Å². The first-order valence-electron chi connectivity index (χ1n) is 12.2. The van der Waals surface area contributed by atoms with E-state index in [9.17, 15) is 29.0 Å². The van der Waals surface area contributed by atoms with Gasteiger partial charge in [-0.25, -0.2) is 14.0 Å². The van der Waals surface area contributed by atoms with Crippen molar-refractivity contribution in [3.63, 3.8) is 0 Å². The lowest BCUT2D eigenvalue weighted by molar-refractivity contribution is -0.156. The van der Waals surface area contributed by atoms with E-state index in [1.807, 2.05) is 0 Å². The molecule has 0 saturated carbocycles. The van der Waals surface area contributed by atoms with Crippen molar-refractivity contribution in [2.45, 2.75) is 25.1 Å². The summed E-state index contributed by atoms with van der Waals surface area (Å²) in [5.74, 6) is -3.89. The Bertz CT molecular complexity index is 1300. The molecule has 0 aliphatic rings. The molecule has 0 fully saturated rings. The van der Waals surface area contributed by atoms with Gasteiger partial charge in [-0.1, -0.05) is 48.0 Å². The summed E-state index contributed by atoms with van der Waals surface area (Å²) in [4.78, 5) is 37.5. The van der Waals surface area contributed by atoms with Crippen molar-refractivity contribution < 1.29 is 43.2 Å². The molecule has 2 aromatic carbocycles. The molecule has 0 aliphatic carbocycles. The molecule has 40 heavy (non-hydrogen) atoms. The number of carbonyl (C=O) groups is 3. The van der Waals surface area contributed by atoms with Crippen LogP contribution in [0.5, 0.6) is 0 Å². The standard InChI is InChI=1S/C27H29ClFN3O8/c1-38-9-10-39-11-12-40-27(37)24(33)21(13-17-5-3-2-4-6-17)30-25(34)22-15-23(26(35)36)32(31-22)16-18-7-8-19(28)14-20(18)29/h2-8,14-15,21,24,33H,9-13,16H2,1H3,(H,30,34)(H,35,36)/t21-,24-/m1/s1. The summed E-state index contributed by atoms with van der Waals surface area (Å²) in [6.07, 6.45) is -1.71. The molecule has 2 atom stereocenters. The first-order valence-corrected chi connectivity index (χ1v) is 12.6. The highest BCUT2D eigenvalue weighted by molar-refractivity contribution is 6.30. The molecular formula is C27H29ClFN3O8. The number of nitrogens with zero attached hydrogens (tertiary/aromatic N) is 2. The Morgan fingerprint density at radius 1 is 1.07 bits per heavy atom. The van der Waals surface area contributed by atoms with E-state index >= 15 is 0 Å². The van der Waals surface area contributed by atoms with Crippen LogP contribution >= 0.6 is 11.6 Å². The van der Waals surface area contributed by atoms with E-state index in [-0.39, 0.29) is 48.2 Å². The Balaban J connectivity index is 1.76. The van der Waals surface area contributed by atoms with Gasteiger partial charge in [-0.2, -0.15) is 5.10 Å². The number of nitrogens with one attached hydrogen (secondary N) is 1. The zero-order chi connectivity index (χ0) is 29.1. The second-order valence-electron chi connectivity index (χ2n) is 8.60. The minimum atomic E-state index is -1.76. The molecule has 1 heterocycles. The summed E-state index contributed by atoms with van der Waals surface area (Å²) in [7, 11) is 1.52. The van der Waals surface area contributed by atoms with Crippen LogP contribution in [0.15, 0.2) is 54.6 Å². The number of amides is 1. The molecular weight excluding hydrogens is 549 g/mol. The van der Waals surface area contributed by atoms with Crippen LogP contribution in [0.1, 0.15) is 32.1 Å². The molecule has 11 nitrogen and oxygen atoms in total. The molecule has 3 N–H and O–H groups in total. The Kier molecular flexibility index (Phi) is 11.6. The minimum Gasteiger partial charge on any atom is -0.477 e. The third-order valence-corrected chi connectivity index (χ3v) is 5.94. The molecule has 3 aromatic rings. The molecule has 0 unspecified atom stereocenters. The van der Waals surface area contributed by atoms with E-state index < -0.39 is 35.8 Å². The molecule has 3 rings (SSSR count). The topological polar surface area (TPSA) is 149 Å². The highest BCUT2D eigenvalue weighted by atomic mass is 35.5. The smallest absolute Gasteiger partial charge is 0.354 e. The number of ether oxygens (including phenoxy) is 3. The fourth-order valence-electron chi connectivity index (χ4n) is 3.68. The Morgan fingerprint density at radius 2 is 1.80 bits per heavy atom. The number of aromatic carboxylic acids is 1. The van der Waals surface area contributed by atoms with Gasteiger partial charge in [0.15, 0.2) is 11.8 Å². The number of aliphatic hydroxyl groups excluding tert-OH is 1. The number of esters is 1. The lowest BCUT2D eigenvalue weighted by Crippen LogP contribution is -2.49. The Morgan fingerprint density at radius 3 is 2.48 bits per heavy atom. The number of hydrogen-bond donors (Lipinski definition) is 3. The monoisotopic (exact) mass is 577 g/mol. The molecule has 0 radical (unpaired) electrons. The van der Waals surface area contributed by atoms with Crippen molar-refractivity contribution in [1.29, 1.82) is 0 Å². The summed E-state index contributed by atoms with van der Waals surface area (Å²) in [5, 5.41) is 27.1. The number of carboxylic acids is 1. The molecule has 214 valence electrons. The average Bonchev–Trinajstić information content (AvgIpc) is 3.36. The van der Waals surface area contributed by atoms with E-state index in [0.717, 1.165) is 16.8 Å². The number of carboxylic acid groups (broad SMARTS) is 1. The van der Waals surface area contributed by atoms with Crippen molar-refractivity contribution in [2.24, 2.45) is 0 Å². The number of methoxy groups -OCH3 is 1. The second-order valence-corrected chi connectivity index (χ2v) is 9.04. The number of hydrogen-bond acceptors (Lipinski definition) is 8. The van der Waals surface area contributed by atoms with Gasteiger partial charge in [0.05, 0.1) is 32.4 Å². The first kappa shape index (κ1) is 30.7. The van der Waals surface area contributed by atoms with Gasteiger partial charge in [-0.15, -0.1) is 0 Å². The van der Waals surface area contributed by atoms with Crippen molar-refractivity contribution in [1.82, 2.24) is 15.1 Å². The van der Waals surface area contributed by atoms with Crippen molar-refractivity contribution in [3.8, 4) is 0 Å². The third-order valence-electron chi connectivity index (χ3n) is 5.71. The Labute approximate surface area is 234 Å². The lowest BCUT2D eigenvalue weighted by atomic mass is 10.0. The maximum atomic E-state index is 14.3. The predicted molar refractivity (Wildman–Crippen MR) is 141 cm³/mol. The predicted octanol–water partition coefficient (Wildman–Crippen LogP) is 2.33. The normalized spacial score (nSPS) is 12.5. The summed E-state index contributed by atoms with van der Waals surface area (Å²) in [5.41, 5.74) is 0.135. The summed E-state index contributed by atoms with van der Waals surface area (Å²) < 4.78 is 30.4. The van der Waals surface area contributed by atoms with Crippen LogP contribution in [-0.4, -0.2) is 83.5 Å². The number of aliphatic hydroxyl groups is 1. The number of carbonyl (C=O) groups excluding carboxylic acids is 2. The fraction of sp³-hybridized carbons (Fsp3) is 0.333. The Hall–Kier alpha value is -3.84. The van der Waals surface area contributed by atoms with Crippen molar-refractivity contribution in [2.75, 3.05) is 33.5 Å². The van der Waals surface area contributed by atoms with Crippen LogP contribution < -0.4 is 5.32 Å². The van der Waals surface area contributed by atoms with Crippen LogP contribution in [0.2, 0.25) is 5.02 Å². The number of benzene rings is 2. The van der Waals surface area contributed by atoms with Crippen LogP contribution in [-0.2, 0) is 32.0 Å². The highest BCUT2D eigenvalue weighted by Crippen LogP contribution is 2.17. The molecule has 0 saturated heterocycles. The average molecular weight is 578 g/mol. The molecule has 13 heteroatoms. The number of aromatic nitrogens is 2. The van der Waals surface area contributed by atoms with Crippen molar-refractivity contribution >= 4 is 29.4 Å². The van der Waals surface area contributed by atoms with Gasteiger partial charge in [0, 0.05) is 23.8 Å². The summed E-state index contributed by atoms with van der Waals surface area (Å²) >= 11 is 5.78. The SMILES string of the molecule is COCCOCCOC(=O)[C@H](O)[C@@H](Cc1ccccc1)NC(=O)c1cc(C(=O)O)n(Cc2ccc(Cl)cc2F)n1. The van der Waals surface area contributed by atoms with Crippen LogP contribution in [0.25, 0.3) is 0 Å². The fourth-order valence-corrected chi connectivity index (χ4v) is 3.84. The van der Waals surface area contributed by atoms with Crippen LogP contribution in [0, 0.1) is 5.82 Å². The maximum absolute atomic E-state index is 14.3. The van der Waals surface area contributed by atoms with Gasteiger partial charge in [0.1, 0.15) is 18.1 Å². The van der Waals surface area contributed by atoms with Gasteiger partial charge in [0.2, 0.25) is 0 Å². The van der Waals surface area contributed by atoms with Gasteiger partial charge in [0.25, 0.3) is 5.91 Å². The number of rotatable bonds is 15.